The third-order valence-electron chi connectivity index (χ3n) is 1.45. The van der Waals surface area contributed by atoms with E-state index in [2.05, 4.69) is 0 Å². The van der Waals surface area contributed by atoms with Crippen molar-refractivity contribution in [3.05, 3.63) is 23.8 Å². The molecule has 0 saturated heterocycles. The largest absolute Gasteiger partial charge is 0.396 e. The first-order valence-corrected chi connectivity index (χ1v) is 5.16. The lowest BCUT2D eigenvalue weighted by molar-refractivity contribution is 0.558. The highest BCUT2D eigenvalue weighted by Crippen LogP contribution is 2.20. The highest BCUT2D eigenvalue weighted by atomic mass is 32.2. The normalized spacial score (nSPS) is 11.6. The summed E-state index contributed by atoms with van der Waals surface area (Å²) in [6.45, 7) is 0. The van der Waals surface area contributed by atoms with Crippen LogP contribution >= 0.6 is 0 Å². The van der Waals surface area contributed by atoms with Crippen molar-refractivity contribution in [3.63, 3.8) is 0 Å². The Labute approximate surface area is 74.1 Å². The van der Waals surface area contributed by atoms with Crippen LogP contribution in [-0.2, 0) is 9.84 Å². The molecule has 3 nitrogen and oxygen atoms in total. The van der Waals surface area contributed by atoms with Gasteiger partial charge in [0.15, 0.2) is 9.84 Å². The van der Waals surface area contributed by atoms with E-state index in [0.29, 0.717) is 12.1 Å². The van der Waals surface area contributed by atoms with Gasteiger partial charge in [0.25, 0.3) is 0 Å². The molecule has 0 aliphatic carbocycles. The van der Waals surface area contributed by atoms with Gasteiger partial charge in [-0.05, 0) is 6.07 Å². The molecule has 0 unspecified atom stereocenters. The Hall–Kier alpha value is -1.17. The van der Waals surface area contributed by atoms with Gasteiger partial charge in [-0.15, -0.1) is 0 Å². The Morgan fingerprint density at radius 1 is 1.23 bits per heavy atom. The zero-order chi connectivity index (χ0) is 10.2. The molecule has 0 atom stereocenters. The third kappa shape index (κ3) is 1.95. The molecular formula is C7H7F2NO2S. The average molecular weight is 207 g/mol. The van der Waals surface area contributed by atoms with Crippen molar-refractivity contribution in [3.8, 4) is 0 Å². The molecule has 0 heterocycles. The molecule has 0 amide bonds. The Morgan fingerprint density at radius 2 is 1.77 bits per heavy atom. The summed E-state index contributed by atoms with van der Waals surface area (Å²) in [6.07, 6.45) is 0.793. The molecule has 0 saturated carbocycles. The lowest BCUT2D eigenvalue weighted by Gasteiger charge is -2.02. The highest BCUT2D eigenvalue weighted by molar-refractivity contribution is 7.90. The summed E-state index contributed by atoms with van der Waals surface area (Å²) in [5.74, 6) is -1.98. The molecule has 1 aromatic carbocycles. The standard InChI is InChI=1S/C7H7F2NO2S/c1-13(11,12)7-3-4(8)6(10)2-5(7)9/h2-3H,10H2,1H3. The van der Waals surface area contributed by atoms with Gasteiger partial charge in [0.1, 0.15) is 16.5 Å². The first kappa shape index (κ1) is 9.91. The Bertz CT molecular complexity index is 442. The summed E-state index contributed by atoms with van der Waals surface area (Å²) in [5, 5.41) is 0. The number of nitrogen functional groups attached to an aromatic ring is 1. The molecule has 0 fully saturated rings. The zero-order valence-electron chi connectivity index (χ0n) is 6.71. The van der Waals surface area contributed by atoms with E-state index >= 15 is 0 Å². The molecule has 1 rings (SSSR count). The summed E-state index contributed by atoms with van der Waals surface area (Å²) >= 11 is 0. The van der Waals surface area contributed by atoms with Crippen molar-refractivity contribution in [1.29, 1.82) is 0 Å². The smallest absolute Gasteiger partial charge is 0.178 e. The van der Waals surface area contributed by atoms with Crippen molar-refractivity contribution in [2.45, 2.75) is 4.90 Å². The van der Waals surface area contributed by atoms with Crippen molar-refractivity contribution < 1.29 is 17.2 Å². The van der Waals surface area contributed by atoms with Gasteiger partial charge in [0, 0.05) is 12.3 Å². The maximum absolute atomic E-state index is 12.9. The molecule has 1 aromatic rings. The molecule has 0 bridgehead atoms. The van der Waals surface area contributed by atoms with Crippen LogP contribution < -0.4 is 5.73 Å². The van der Waals surface area contributed by atoms with Crippen LogP contribution in [0.1, 0.15) is 0 Å². The van der Waals surface area contributed by atoms with E-state index in [-0.39, 0.29) is 0 Å². The molecule has 72 valence electrons. The molecule has 13 heavy (non-hydrogen) atoms. The molecular weight excluding hydrogens is 200 g/mol. The van der Waals surface area contributed by atoms with Crippen LogP contribution in [0.2, 0.25) is 0 Å². The van der Waals surface area contributed by atoms with Gasteiger partial charge in [-0.3, -0.25) is 0 Å². The molecule has 0 spiro atoms. The number of sulfone groups is 1. The number of hydrogen-bond acceptors (Lipinski definition) is 3. The first-order valence-electron chi connectivity index (χ1n) is 3.27. The van der Waals surface area contributed by atoms with Gasteiger partial charge in [0.05, 0.1) is 5.69 Å². The van der Waals surface area contributed by atoms with Crippen LogP contribution in [0.4, 0.5) is 14.5 Å². The van der Waals surface area contributed by atoms with Crippen LogP contribution in [-0.4, -0.2) is 14.7 Å². The van der Waals surface area contributed by atoms with Crippen molar-refractivity contribution in [1.82, 2.24) is 0 Å². The van der Waals surface area contributed by atoms with E-state index in [1.165, 1.54) is 0 Å². The fourth-order valence-corrected chi connectivity index (χ4v) is 1.56. The molecule has 6 heteroatoms. The van der Waals surface area contributed by atoms with Gasteiger partial charge in [-0.1, -0.05) is 0 Å². The van der Waals surface area contributed by atoms with E-state index in [0.717, 1.165) is 6.26 Å². The molecule has 2 N–H and O–H groups in total. The number of hydrogen-bond donors (Lipinski definition) is 1. The van der Waals surface area contributed by atoms with E-state index < -0.39 is 32.1 Å². The van der Waals surface area contributed by atoms with E-state index in [9.17, 15) is 17.2 Å². The van der Waals surface area contributed by atoms with Crippen LogP contribution in [0, 0.1) is 11.6 Å². The van der Waals surface area contributed by atoms with Gasteiger partial charge >= 0.3 is 0 Å². The Balaban J connectivity index is 3.50. The molecule has 0 aliphatic rings. The highest BCUT2D eigenvalue weighted by Gasteiger charge is 2.16. The average Bonchev–Trinajstić information content (AvgIpc) is 1.94. The first-order chi connectivity index (χ1) is 5.82. The van der Waals surface area contributed by atoms with Gasteiger partial charge in [-0.2, -0.15) is 0 Å². The lowest BCUT2D eigenvalue weighted by Crippen LogP contribution is -2.03. The van der Waals surface area contributed by atoms with Crippen molar-refractivity contribution in [2.24, 2.45) is 0 Å². The predicted molar refractivity (Wildman–Crippen MR) is 43.9 cm³/mol. The predicted octanol–water partition coefficient (Wildman–Crippen LogP) is 0.951. The second-order valence-corrected chi connectivity index (χ2v) is 4.56. The van der Waals surface area contributed by atoms with Crippen LogP contribution in [0.25, 0.3) is 0 Å². The number of halogens is 2. The quantitative estimate of drug-likeness (QED) is 0.697. The number of nitrogens with two attached hydrogens (primary N) is 1. The fraction of sp³-hybridized carbons (Fsp3) is 0.143. The van der Waals surface area contributed by atoms with E-state index in [1.54, 1.807) is 0 Å². The van der Waals surface area contributed by atoms with Gasteiger partial charge in [-0.25, -0.2) is 17.2 Å². The van der Waals surface area contributed by atoms with E-state index in [1.807, 2.05) is 0 Å². The summed E-state index contributed by atoms with van der Waals surface area (Å²) in [6, 6.07) is 1.21. The minimum absolute atomic E-state index is 0.412. The van der Waals surface area contributed by atoms with Crippen LogP contribution in [0.15, 0.2) is 17.0 Å². The second kappa shape index (κ2) is 2.95. The maximum Gasteiger partial charge on any atom is 0.178 e. The maximum atomic E-state index is 12.9. The Morgan fingerprint density at radius 3 is 2.23 bits per heavy atom. The summed E-state index contributed by atoms with van der Waals surface area (Å²) in [4.78, 5) is -0.681. The third-order valence-corrected chi connectivity index (χ3v) is 2.56. The topological polar surface area (TPSA) is 60.2 Å². The summed E-state index contributed by atoms with van der Waals surface area (Å²) < 4.78 is 47.4. The minimum atomic E-state index is -3.74. The monoisotopic (exact) mass is 207 g/mol. The zero-order valence-corrected chi connectivity index (χ0v) is 7.53. The Kier molecular flexibility index (Phi) is 2.25. The second-order valence-electron chi connectivity index (χ2n) is 2.58. The fourth-order valence-electron chi connectivity index (χ4n) is 0.828. The van der Waals surface area contributed by atoms with Crippen molar-refractivity contribution >= 4 is 15.5 Å². The van der Waals surface area contributed by atoms with Crippen molar-refractivity contribution in [2.75, 3.05) is 12.0 Å². The summed E-state index contributed by atoms with van der Waals surface area (Å²) in [5.41, 5.74) is 4.61. The SMILES string of the molecule is CS(=O)(=O)c1cc(F)c(N)cc1F. The van der Waals surface area contributed by atoms with Gasteiger partial charge in [0.2, 0.25) is 0 Å². The number of rotatable bonds is 1. The number of benzene rings is 1. The minimum Gasteiger partial charge on any atom is -0.396 e. The summed E-state index contributed by atoms with van der Waals surface area (Å²) in [7, 11) is -3.74. The molecule has 0 aromatic heterocycles. The van der Waals surface area contributed by atoms with Crippen LogP contribution in [0.5, 0.6) is 0 Å². The lowest BCUT2D eigenvalue weighted by atomic mass is 10.3. The molecule has 0 radical (unpaired) electrons. The van der Waals surface area contributed by atoms with E-state index in [4.69, 9.17) is 5.73 Å². The number of anilines is 1. The van der Waals surface area contributed by atoms with Gasteiger partial charge < -0.3 is 5.73 Å². The molecule has 0 aliphatic heterocycles. The van der Waals surface area contributed by atoms with Crippen LogP contribution in [0.3, 0.4) is 0 Å².